The van der Waals surface area contributed by atoms with E-state index >= 15 is 0 Å². The molecule has 1 saturated carbocycles. The van der Waals surface area contributed by atoms with Crippen molar-refractivity contribution in [1.29, 1.82) is 0 Å². The second kappa shape index (κ2) is 6.52. The zero-order valence-corrected chi connectivity index (χ0v) is 12.1. The average molecular weight is 288 g/mol. The zero-order valence-electron chi connectivity index (χ0n) is 12.1. The van der Waals surface area contributed by atoms with Crippen LogP contribution in [-0.4, -0.2) is 28.5 Å². The van der Waals surface area contributed by atoms with Gasteiger partial charge in [0.15, 0.2) is 0 Å². The van der Waals surface area contributed by atoms with Crippen molar-refractivity contribution in [2.24, 2.45) is 5.41 Å². The molecule has 1 fully saturated rings. The molecular weight excluding hydrogens is 268 g/mol. The van der Waals surface area contributed by atoms with Gasteiger partial charge in [0.05, 0.1) is 0 Å². The highest BCUT2D eigenvalue weighted by atomic mass is 16.4. The van der Waals surface area contributed by atoms with Crippen molar-refractivity contribution in [1.82, 2.24) is 10.3 Å². The van der Waals surface area contributed by atoms with Gasteiger partial charge >= 0.3 is 5.97 Å². The number of aliphatic carboxylic acids is 1. The highest BCUT2D eigenvalue weighted by Gasteiger charge is 2.41. The van der Waals surface area contributed by atoms with E-state index in [0.717, 1.165) is 18.9 Å². The molecule has 1 aromatic rings. The van der Waals surface area contributed by atoms with Crippen LogP contribution in [0.25, 0.3) is 6.08 Å². The number of carboxylic acids is 1. The van der Waals surface area contributed by atoms with Crippen LogP contribution in [0.2, 0.25) is 0 Å². The number of carbonyl (C=O) groups excluding carboxylic acids is 1. The second-order valence-electron chi connectivity index (χ2n) is 5.57. The molecule has 0 spiro atoms. The third-order valence-electron chi connectivity index (χ3n) is 3.86. The van der Waals surface area contributed by atoms with Crippen molar-refractivity contribution in [3.8, 4) is 0 Å². The fourth-order valence-electron chi connectivity index (χ4n) is 2.49. The molecule has 0 atom stereocenters. The number of aromatic nitrogens is 1. The van der Waals surface area contributed by atoms with Gasteiger partial charge in [0.25, 0.3) is 5.91 Å². The predicted octanol–water partition coefficient (Wildman–Crippen LogP) is 2.49. The quantitative estimate of drug-likeness (QED) is 0.755. The summed E-state index contributed by atoms with van der Waals surface area (Å²) in [4.78, 5) is 26.8. The highest BCUT2D eigenvalue weighted by molar-refractivity contribution is 5.98. The van der Waals surface area contributed by atoms with E-state index in [1.807, 2.05) is 0 Å². The minimum atomic E-state index is -1.05. The summed E-state index contributed by atoms with van der Waals surface area (Å²) in [6.45, 7) is 2.84. The number of nitrogens with zero attached hydrogens (tertiary/aromatic N) is 1. The number of nitrogens with one attached hydrogen (secondary N) is 1. The number of pyridine rings is 1. The van der Waals surface area contributed by atoms with Gasteiger partial charge in [0, 0.05) is 36.1 Å². The van der Waals surface area contributed by atoms with E-state index in [0.29, 0.717) is 17.7 Å². The van der Waals surface area contributed by atoms with Crippen LogP contribution in [0, 0.1) is 5.41 Å². The van der Waals surface area contributed by atoms with E-state index in [1.165, 1.54) is 31.3 Å². The normalized spacial score (nSPS) is 15.9. The van der Waals surface area contributed by atoms with Crippen molar-refractivity contribution in [3.63, 3.8) is 0 Å². The number of carboxylic acid groups (broad SMARTS) is 1. The van der Waals surface area contributed by atoms with E-state index < -0.39 is 5.97 Å². The van der Waals surface area contributed by atoms with Crippen molar-refractivity contribution >= 4 is 18.0 Å². The molecule has 0 bridgehead atoms. The van der Waals surface area contributed by atoms with Gasteiger partial charge in [-0.3, -0.25) is 9.78 Å². The fourth-order valence-corrected chi connectivity index (χ4v) is 2.49. The first-order valence-electron chi connectivity index (χ1n) is 7.19. The Morgan fingerprint density at radius 3 is 2.86 bits per heavy atom. The summed E-state index contributed by atoms with van der Waals surface area (Å²) in [6.07, 6.45) is 10.0. The topological polar surface area (TPSA) is 79.3 Å². The van der Waals surface area contributed by atoms with E-state index in [9.17, 15) is 9.59 Å². The Bertz CT molecular complexity index is 562. The molecule has 5 heteroatoms. The first-order chi connectivity index (χ1) is 10.1. The van der Waals surface area contributed by atoms with Gasteiger partial charge in [-0.15, -0.1) is 0 Å². The van der Waals surface area contributed by atoms with Gasteiger partial charge in [-0.05, 0) is 36.8 Å². The van der Waals surface area contributed by atoms with E-state index in [-0.39, 0.29) is 11.3 Å². The molecule has 0 radical (unpaired) electrons. The molecule has 1 amide bonds. The Morgan fingerprint density at radius 2 is 2.24 bits per heavy atom. The van der Waals surface area contributed by atoms with Crippen LogP contribution in [0.5, 0.6) is 0 Å². The number of rotatable bonds is 7. The Kier molecular flexibility index (Phi) is 4.73. The highest BCUT2D eigenvalue weighted by Crippen LogP contribution is 2.48. The van der Waals surface area contributed by atoms with Gasteiger partial charge in [-0.1, -0.05) is 13.3 Å². The van der Waals surface area contributed by atoms with Gasteiger partial charge in [-0.25, -0.2) is 4.79 Å². The molecule has 21 heavy (non-hydrogen) atoms. The lowest BCUT2D eigenvalue weighted by molar-refractivity contribution is -0.131. The number of hydrogen-bond donors (Lipinski definition) is 2. The van der Waals surface area contributed by atoms with Crippen LogP contribution in [0.15, 0.2) is 24.5 Å². The largest absolute Gasteiger partial charge is 0.478 e. The molecule has 2 N–H and O–H groups in total. The molecule has 112 valence electrons. The molecular formula is C16H20N2O3. The van der Waals surface area contributed by atoms with Crippen LogP contribution in [0.4, 0.5) is 0 Å². The summed E-state index contributed by atoms with van der Waals surface area (Å²) < 4.78 is 0. The standard InChI is InChI=1S/C16H20N2O3/c1-2-6-16(7-8-16)11-18-15(21)13-5-9-17-10-12(13)3-4-14(19)20/h3-5,9-10H,2,6-8,11H2,1H3,(H,18,21)(H,19,20)/b4-3+. The molecule has 2 rings (SSSR count). The summed E-state index contributed by atoms with van der Waals surface area (Å²) in [7, 11) is 0. The lowest BCUT2D eigenvalue weighted by Crippen LogP contribution is -2.30. The van der Waals surface area contributed by atoms with Crippen molar-refractivity contribution < 1.29 is 14.7 Å². The average Bonchev–Trinajstić information content (AvgIpc) is 3.23. The number of hydrogen-bond acceptors (Lipinski definition) is 3. The predicted molar refractivity (Wildman–Crippen MR) is 79.8 cm³/mol. The Hall–Kier alpha value is -2.17. The third kappa shape index (κ3) is 4.15. The van der Waals surface area contributed by atoms with Crippen molar-refractivity contribution in [2.45, 2.75) is 32.6 Å². The minimum Gasteiger partial charge on any atom is -0.478 e. The lowest BCUT2D eigenvalue weighted by atomic mass is 10.0. The molecule has 0 aliphatic heterocycles. The Morgan fingerprint density at radius 1 is 1.48 bits per heavy atom. The summed E-state index contributed by atoms with van der Waals surface area (Å²) in [5.74, 6) is -1.23. The SMILES string of the molecule is CCCC1(CNC(=O)c2ccncc2/C=C/C(=O)O)CC1. The number of amides is 1. The van der Waals surface area contributed by atoms with Crippen molar-refractivity contribution in [2.75, 3.05) is 6.54 Å². The van der Waals surface area contributed by atoms with Gasteiger partial charge in [-0.2, -0.15) is 0 Å². The first-order valence-corrected chi connectivity index (χ1v) is 7.19. The molecule has 1 aliphatic carbocycles. The number of carbonyl (C=O) groups is 2. The maximum atomic E-state index is 12.3. The van der Waals surface area contributed by atoms with Gasteiger partial charge < -0.3 is 10.4 Å². The molecule has 0 aromatic carbocycles. The molecule has 1 aromatic heterocycles. The summed E-state index contributed by atoms with van der Waals surface area (Å²) in [5.41, 5.74) is 1.25. The van der Waals surface area contributed by atoms with Crippen LogP contribution in [0.1, 0.15) is 48.5 Å². The van der Waals surface area contributed by atoms with Crippen LogP contribution >= 0.6 is 0 Å². The van der Waals surface area contributed by atoms with Crippen molar-refractivity contribution in [3.05, 3.63) is 35.7 Å². The Labute approximate surface area is 124 Å². The maximum Gasteiger partial charge on any atom is 0.328 e. The van der Waals surface area contributed by atoms with Crippen LogP contribution in [0.3, 0.4) is 0 Å². The molecule has 5 nitrogen and oxygen atoms in total. The minimum absolute atomic E-state index is 0.176. The molecule has 1 heterocycles. The first kappa shape index (κ1) is 15.2. The lowest BCUT2D eigenvalue weighted by Gasteiger charge is -2.15. The third-order valence-corrected chi connectivity index (χ3v) is 3.86. The van der Waals surface area contributed by atoms with E-state index in [2.05, 4.69) is 17.2 Å². The summed E-state index contributed by atoms with van der Waals surface area (Å²) in [5, 5.41) is 11.6. The smallest absolute Gasteiger partial charge is 0.328 e. The molecule has 1 aliphatic rings. The fraction of sp³-hybridized carbons (Fsp3) is 0.438. The second-order valence-corrected chi connectivity index (χ2v) is 5.57. The van der Waals surface area contributed by atoms with Crippen LogP contribution < -0.4 is 5.32 Å². The summed E-state index contributed by atoms with van der Waals surface area (Å²) >= 11 is 0. The van der Waals surface area contributed by atoms with E-state index in [1.54, 1.807) is 6.07 Å². The molecule has 0 saturated heterocycles. The Balaban J connectivity index is 2.04. The summed E-state index contributed by atoms with van der Waals surface area (Å²) in [6, 6.07) is 1.61. The van der Waals surface area contributed by atoms with E-state index in [4.69, 9.17) is 5.11 Å². The maximum absolute atomic E-state index is 12.3. The zero-order chi connectivity index (χ0) is 15.3. The molecule has 0 unspecified atom stereocenters. The monoisotopic (exact) mass is 288 g/mol. The van der Waals surface area contributed by atoms with Gasteiger partial charge in [0.2, 0.25) is 0 Å². The van der Waals surface area contributed by atoms with Crippen LogP contribution in [-0.2, 0) is 4.79 Å². The van der Waals surface area contributed by atoms with Gasteiger partial charge in [0.1, 0.15) is 0 Å².